The van der Waals surface area contributed by atoms with Crippen LogP contribution >= 0.6 is 15.6 Å². The van der Waals surface area contributed by atoms with Crippen LogP contribution in [0.5, 0.6) is 0 Å². The lowest BCUT2D eigenvalue weighted by atomic mass is 10.1. The smallest absolute Gasteiger partial charge is 0.386 e. The van der Waals surface area contributed by atoms with E-state index in [-0.39, 0.29) is 17.0 Å². The summed E-state index contributed by atoms with van der Waals surface area (Å²) in [5.41, 5.74) is 6.27. The van der Waals surface area contributed by atoms with Gasteiger partial charge in [0.05, 0.1) is 12.9 Å². The van der Waals surface area contributed by atoms with Crippen LogP contribution in [0.3, 0.4) is 0 Å². The molecule has 0 spiro atoms. The highest BCUT2D eigenvalue weighted by Crippen LogP contribution is 2.57. The first kappa shape index (κ1) is 21.2. The zero-order valence-electron chi connectivity index (χ0n) is 14.2. The predicted octanol–water partition coefficient (Wildman–Crippen LogP) is -1.09. The summed E-state index contributed by atoms with van der Waals surface area (Å²) in [7, 11) is -9.08. The minimum Gasteiger partial charge on any atom is -0.386 e. The first-order valence-electron chi connectivity index (χ1n) is 7.56. The number of fused-ring (bicyclic) bond motifs is 1. The van der Waals surface area contributed by atoms with E-state index < -0.39 is 46.8 Å². The molecular formula is C11H17N5O10P2. The normalized spacial score (nSPS) is 27.9. The van der Waals surface area contributed by atoms with Crippen molar-refractivity contribution in [3.05, 3.63) is 12.7 Å². The SMILES string of the molecule is COC1C(COP(=O)(O)OP(=O)(O)O)OC(n2cnc3c(N)ncnc32)C1O. The van der Waals surface area contributed by atoms with Gasteiger partial charge >= 0.3 is 15.6 Å². The van der Waals surface area contributed by atoms with Gasteiger partial charge in [-0.2, -0.15) is 4.31 Å². The Labute approximate surface area is 156 Å². The van der Waals surface area contributed by atoms with Crippen LogP contribution in [-0.4, -0.2) is 71.3 Å². The second-order valence-corrected chi connectivity index (χ2v) is 8.51. The monoisotopic (exact) mass is 441 g/mol. The van der Waals surface area contributed by atoms with Gasteiger partial charge < -0.3 is 35.0 Å². The molecule has 15 nitrogen and oxygen atoms in total. The third-order valence-corrected chi connectivity index (χ3v) is 6.01. The number of nitrogens with zero attached hydrogens (tertiary/aromatic N) is 4. The first-order chi connectivity index (χ1) is 13.0. The molecule has 5 atom stereocenters. The summed E-state index contributed by atoms with van der Waals surface area (Å²) < 4.78 is 42.7. The molecule has 28 heavy (non-hydrogen) atoms. The van der Waals surface area contributed by atoms with Crippen molar-refractivity contribution in [1.29, 1.82) is 0 Å². The fourth-order valence-corrected chi connectivity index (χ4v) is 4.36. The maximum Gasteiger partial charge on any atom is 0.481 e. The number of hydrogen-bond donors (Lipinski definition) is 5. The maximum absolute atomic E-state index is 11.6. The summed E-state index contributed by atoms with van der Waals surface area (Å²) in [6.45, 7) is -0.677. The Morgan fingerprint density at radius 3 is 2.64 bits per heavy atom. The maximum atomic E-state index is 11.6. The van der Waals surface area contributed by atoms with Crippen LogP contribution in [-0.2, 0) is 27.4 Å². The summed E-state index contributed by atoms with van der Waals surface area (Å²) in [4.78, 5) is 38.5. The Morgan fingerprint density at radius 2 is 2.00 bits per heavy atom. The van der Waals surface area contributed by atoms with Crippen LogP contribution in [0, 0.1) is 0 Å². The molecule has 0 amide bonds. The average molecular weight is 441 g/mol. The number of methoxy groups -OCH3 is 1. The van der Waals surface area contributed by atoms with Gasteiger partial charge in [-0.1, -0.05) is 0 Å². The Hall–Kier alpha value is -1.51. The molecule has 2 aromatic rings. The van der Waals surface area contributed by atoms with Crippen molar-refractivity contribution >= 4 is 32.6 Å². The van der Waals surface area contributed by atoms with Crippen LogP contribution in [0.25, 0.3) is 11.2 Å². The number of imidazole rings is 1. The number of phosphoric ester groups is 1. The summed E-state index contributed by atoms with van der Waals surface area (Å²) >= 11 is 0. The van der Waals surface area contributed by atoms with Crippen LogP contribution < -0.4 is 5.73 Å². The van der Waals surface area contributed by atoms with E-state index in [2.05, 4.69) is 23.8 Å². The highest BCUT2D eigenvalue weighted by atomic mass is 31.3. The molecule has 2 aromatic heterocycles. The topological polar surface area (TPSA) is 222 Å². The van der Waals surface area contributed by atoms with Crippen LogP contribution in [0.4, 0.5) is 5.82 Å². The number of nitrogen functional groups attached to an aromatic ring is 1. The summed E-state index contributed by atoms with van der Waals surface area (Å²) in [5, 5.41) is 10.5. The molecule has 5 unspecified atom stereocenters. The van der Waals surface area contributed by atoms with Gasteiger partial charge in [-0.25, -0.2) is 24.1 Å². The Morgan fingerprint density at radius 1 is 1.29 bits per heavy atom. The first-order valence-corrected chi connectivity index (χ1v) is 10.6. The van der Waals surface area contributed by atoms with Crippen molar-refractivity contribution in [1.82, 2.24) is 19.5 Å². The number of phosphoric acid groups is 2. The van der Waals surface area contributed by atoms with Gasteiger partial charge in [0.15, 0.2) is 17.7 Å². The van der Waals surface area contributed by atoms with E-state index in [1.165, 1.54) is 24.3 Å². The molecule has 0 radical (unpaired) electrons. The van der Waals surface area contributed by atoms with Crippen molar-refractivity contribution in [3.8, 4) is 0 Å². The molecular weight excluding hydrogens is 424 g/mol. The van der Waals surface area contributed by atoms with E-state index in [0.29, 0.717) is 0 Å². The van der Waals surface area contributed by atoms with Gasteiger partial charge in [0, 0.05) is 7.11 Å². The highest BCUT2D eigenvalue weighted by molar-refractivity contribution is 7.60. The number of nitrogens with two attached hydrogens (primary N) is 1. The van der Waals surface area contributed by atoms with E-state index in [0.717, 1.165) is 0 Å². The van der Waals surface area contributed by atoms with E-state index in [1.807, 2.05) is 0 Å². The van der Waals surface area contributed by atoms with Crippen LogP contribution in [0.15, 0.2) is 12.7 Å². The van der Waals surface area contributed by atoms with Gasteiger partial charge in [-0.05, 0) is 0 Å². The van der Waals surface area contributed by atoms with Crippen molar-refractivity contribution in [2.45, 2.75) is 24.5 Å². The largest absolute Gasteiger partial charge is 0.481 e. The molecule has 1 aliphatic rings. The summed E-state index contributed by atoms with van der Waals surface area (Å²) in [5.74, 6) is 0.121. The fraction of sp³-hybridized carbons (Fsp3) is 0.545. The van der Waals surface area contributed by atoms with Crippen molar-refractivity contribution in [2.75, 3.05) is 19.5 Å². The fourth-order valence-electron chi connectivity index (χ4n) is 2.76. The quantitative estimate of drug-likeness (QED) is 0.322. The zero-order chi connectivity index (χ0) is 20.7. The number of rotatable bonds is 7. The van der Waals surface area contributed by atoms with E-state index in [9.17, 15) is 19.1 Å². The second kappa shape index (κ2) is 7.72. The lowest BCUT2D eigenvalue weighted by Crippen LogP contribution is -2.35. The second-order valence-electron chi connectivity index (χ2n) is 5.68. The molecule has 0 saturated carbocycles. The number of hydrogen-bond acceptors (Lipinski definition) is 11. The molecule has 1 fully saturated rings. The van der Waals surface area contributed by atoms with Crippen molar-refractivity contribution < 1.29 is 47.2 Å². The van der Waals surface area contributed by atoms with Gasteiger partial charge in [-0.3, -0.25) is 9.09 Å². The molecule has 0 bridgehead atoms. The molecule has 6 N–H and O–H groups in total. The molecule has 156 valence electrons. The van der Waals surface area contributed by atoms with Crippen LogP contribution in [0.2, 0.25) is 0 Å². The number of anilines is 1. The van der Waals surface area contributed by atoms with Crippen LogP contribution in [0.1, 0.15) is 6.23 Å². The minimum atomic E-state index is -5.26. The Balaban J connectivity index is 1.79. The molecule has 0 aliphatic carbocycles. The third kappa shape index (κ3) is 4.39. The standard InChI is InChI=1S/C11H17N5O10P2/c1-23-8-5(2-24-28(21,22)26-27(18,19)20)25-11(7(8)17)16-4-15-6-9(12)13-3-14-10(6)16/h3-5,7-8,11,17H,2H2,1H3,(H,21,22)(H2,12,13,14)(H2,18,19,20). The molecule has 1 saturated heterocycles. The average Bonchev–Trinajstić information content (AvgIpc) is 3.12. The number of ether oxygens (including phenoxy) is 2. The number of aliphatic hydroxyl groups is 1. The van der Waals surface area contributed by atoms with E-state index in [4.69, 9.17) is 25.0 Å². The van der Waals surface area contributed by atoms with E-state index in [1.54, 1.807) is 0 Å². The lowest BCUT2D eigenvalue weighted by molar-refractivity contribution is -0.0526. The molecule has 0 aromatic carbocycles. The minimum absolute atomic E-state index is 0.121. The molecule has 3 heterocycles. The van der Waals surface area contributed by atoms with Gasteiger partial charge in [0.2, 0.25) is 0 Å². The third-order valence-electron chi connectivity index (χ3n) is 3.85. The number of aliphatic hydroxyl groups excluding tert-OH is 1. The van der Waals surface area contributed by atoms with Gasteiger partial charge in [-0.15, -0.1) is 0 Å². The summed E-state index contributed by atoms with van der Waals surface area (Å²) in [6, 6.07) is 0. The molecule has 1 aliphatic heterocycles. The Kier molecular flexibility index (Phi) is 5.85. The molecule has 3 rings (SSSR count). The highest BCUT2D eigenvalue weighted by Gasteiger charge is 2.47. The zero-order valence-corrected chi connectivity index (χ0v) is 16.0. The predicted molar refractivity (Wildman–Crippen MR) is 89.4 cm³/mol. The lowest BCUT2D eigenvalue weighted by Gasteiger charge is -2.19. The van der Waals surface area contributed by atoms with Gasteiger partial charge in [0.25, 0.3) is 0 Å². The van der Waals surface area contributed by atoms with Crippen molar-refractivity contribution in [3.63, 3.8) is 0 Å². The number of aromatic nitrogens is 4. The van der Waals surface area contributed by atoms with Crippen molar-refractivity contribution in [2.24, 2.45) is 0 Å². The van der Waals surface area contributed by atoms with Gasteiger partial charge in [0.1, 0.15) is 30.2 Å². The Bertz CT molecular complexity index is 949. The van der Waals surface area contributed by atoms with E-state index >= 15 is 0 Å². The summed E-state index contributed by atoms with van der Waals surface area (Å²) in [6.07, 6.45) is -1.94. The molecule has 17 heteroatoms.